The van der Waals surface area contributed by atoms with Crippen LogP contribution in [0.2, 0.25) is 10.0 Å². The maximum Gasteiger partial charge on any atom is 0.296 e. The summed E-state index contributed by atoms with van der Waals surface area (Å²) in [6.45, 7) is 9.61. The Morgan fingerprint density at radius 3 is 1.57 bits per heavy atom. The summed E-state index contributed by atoms with van der Waals surface area (Å²) in [5.41, 5.74) is 9.99. The number of benzene rings is 4. The van der Waals surface area contributed by atoms with Gasteiger partial charge in [-0.25, -0.2) is 13.9 Å². The number of nitrogens with zero attached hydrogens (tertiary/aromatic N) is 4. The number of piperazine rings is 2. The summed E-state index contributed by atoms with van der Waals surface area (Å²) in [6.07, 6.45) is 6.23. The number of hydrogen-bond donors (Lipinski definition) is 3. The Hall–Kier alpha value is -4.83. The molecule has 0 radical (unpaired) electrons. The van der Waals surface area contributed by atoms with E-state index in [1.165, 1.54) is 42.5 Å². The van der Waals surface area contributed by atoms with Crippen molar-refractivity contribution in [1.29, 1.82) is 0 Å². The lowest BCUT2D eigenvalue weighted by atomic mass is 10.1. The van der Waals surface area contributed by atoms with E-state index >= 15 is 0 Å². The third kappa shape index (κ3) is 13.4. The molecule has 0 saturated carbocycles. The largest absolute Gasteiger partial charge is 0.398 e. The van der Waals surface area contributed by atoms with Gasteiger partial charge in [-0.3, -0.25) is 24.1 Å². The van der Waals surface area contributed by atoms with Crippen LogP contribution in [-0.2, 0) is 32.9 Å². The van der Waals surface area contributed by atoms with E-state index in [2.05, 4.69) is 14.5 Å². The number of amides is 2. The number of nitrogens with two attached hydrogens (primary N) is 2. The molecule has 2 amide bonds. The summed E-state index contributed by atoms with van der Waals surface area (Å²) < 4.78 is 51.0. The van der Waals surface area contributed by atoms with E-state index in [0.29, 0.717) is 54.0 Å². The Bertz CT molecular complexity index is 2230. The number of nitrogen functional groups attached to an aromatic ring is 1. The molecule has 0 aliphatic carbocycles. The van der Waals surface area contributed by atoms with E-state index < -0.39 is 10.2 Å². The summed E-state index contributed by atoms with van der Waals surface area (Å²) in [4.78, 5) is 33.4. The van der Waals surface area contributed by atoms with Crippen LogP contribution >= 0.6 is 23.2 Å². The molecule has 11 nitrogen and oxygen atoms in total. The molecular weight excluding hydrogens is 807 g/mol. The standard InChI is InChI=1S/C21H24ClFN4O3S.C21H23ClFN3O/c1-15-13-26(14-16-2-7-19(23)8-3-16)10-11-27(15)21(28)9-5-17-4-6-18(22)12-20(17)25-31(24,29)30;1-15-13-25(14-16-2-7-19(23)8-3-16)10-11-26(15)21(27)9-5-17-4-6-18(22)12-20(17)24/h2-9,12,15,25H,10-11,13-14H2,1H3,(H2,24,29,30);2-9,12,15H,10-11,13-14,24H2,1H3/b2*9-5+. The van der Waals surface area contributed by atoms with Crippen molar-refractivity contribution in [1.82, 2.24) is 19.6 Å². The van der Waals surface area contributed by atoms with Crippen molar-refractivity contribution in [3.63, 3.8) is 0 Å². The summed E-state index contributed by atoms with van der Waals surface area (Å²) in [5.74, 6) is -0.693. The molecule has 0 spiro atoms. The molecule has 0 aromatic heterocycles. The molecule has 2 aliphatic heterocycles. The second-order valence-corrected chi connectivity index (χ2v) is 16.5. The number of rotatable bonds is 10. The number of anilines is 2. The van der Waals surface area contributed by atoms with E-state index in [9.17, 15) is 26.8 Å². The van der Waals surface area contributed by atoms with Gasteiger partial charge >= 0.3 is 0 Å². The molecule has 2 fully saturated rings. The number of halogens is 4. The van der Waals surface area contributed by atoms with Gasteiger partial charge in [-0.05, 0) is 96.8 Å². The first kappa shape index (κ1) is 44.3. The highest BCUT2D eigenvalue weighted by molar-refractivity contribution is 7.90. The first-order valence-corrected chi connectivity index (χ1v) is 20.9. The molecule has 2 atom stereocenters. The van der Waals surface area contributed by atoms with E-state index in [4.69, 9.17) is 34.1 Å². The molecule has 2 aliphatic rings. The number of hydrogen-bond acceptors (Lipinski definition) is 7. The molecule has 2 unspecified atom stereocenters. The Kier molecular flexibility index (Phi) is 15.4. The fourth-order valence-corrected chi connectivity index (χ4v) is 7.67. The molecule has 5 N–H and O–H groups in total. The van der Waals surface area contributed by atoms with Crippen molar-refractivity contribution in [3.05, 3.63) is 141 Å². The predicted molar refractivity (Wildman–Crippen MR) is 228 cm³/mol. The minimum atomic E-state index is -3.98. The molecule has 0 bridgehead atoms. The highest BCUT2D eigenvalue weighted by atomic mass is 35.5. The fraction of sp³-hybridized carbons (Fsp3) is 0.286. The smallest absolute Gasteiger partial charge is 0.296 e. The Labute approximate surface area is 348 Å². The van der Waals surface area contributed by atoms with Gasteiger partial charge in [0.2, 0.25) is 11.8 Å². The highest BCUT2D eigenvalue weighted by Gasteiger charge is 2.27. The van der Waals surface area contributed by atoms with Crippen LogP contribution in [0, 0.1) is 11.6 Å². The van der Waals surface area contributed by atoms with Gasteiger partial charge < -0.3 is 15.5 Å². The topological polar surface area (TPSA) is 145 Å². The first-order chi connectivity index (χ1) is 27.5. The van der Waals surface area contributed by atoms with Crippen molar-refractivity contribution < 1.29 is 26.8 Å². The lowest BCUT2D eigenvalue weighted by Gasteiger charge is -2.39. The molecule has 308 valence electrons. The zero-order valence-electron chi connectivity index (χ0n) is 32.2. The van der Waals surface area contributed by atoms with Gasteiger partial charge in [0.05, 0.1) is 5.69 Å². The van der Waals surface area contributed by atoms with Crippen LogP contribution in [0.5, 0.6) is 0 Å². The lowest BCUT2D eigenvalue weighted by molar-refractivity contribution is -0.131. The average molecular weight is 855 g/mol. The van der Waals surface area contributed by atoms with Gasteiger partial charge in [0.1, 0.15) is 11.6 Å². The molecule has 4 aromatic carbocycles. The van der Waals surface area contributed by atoms with Crippen LogP contribution < -0.4 is 15.6 Å². The quantitative estimate of drug-likeness (QED) is 0.120. The molecule has 2 heterocycles. The summed E-state index contributed by atoms with van der Waals surface area (Å²) in [7, 11) is -3.98. The second kappa shape index (κ2) is 20.2. The van der Waals surface area contributed by atoms with E-state index in [1.54, 1.807) is 71.6 Å². The predicted octanol–water partition coefficient (Wildman–Crippen LogP) is 6.65. The molecule has 58 heavy (non-hydrogen) atoms. The molecule has 16 heteroatoms. The van der Waals surface area contributed by atoms with Crippen LogP contribution in [0.25, 0.3) is 12.2 Å². The molecule has 4 aromatic rings. The normalized spacial score (nSPS) is 18.0. The van der Waals surface area contributed by atoms with E-state index in [1.807, 2.05) is 18.7 Å². The fourth-order valence-electron chi connectivity index (χ4n) is 6.83. The number of carbonyl (C=O) groups excluding carboxylic acids is 2. The maximum atomic E-state index is 13.1. The van der Waals surface area contributed by atoms with Gasteiger partial charge in [-0.2, -0.15) is 8.42 Å². The van der Waals surface area contributed by atoms with Crippen molar-refractivity contribution in [2.75, 3.05) is 49.7 Å². The first-order valence-electron chi connectivity index (χ1n) is 18.6. The van der Waals surface area contributed by atoms with Gasteiger partial charge in [-0.15, -0.1) is 0 Å². The van der Waals surface area contributed by atoms with Crippen molar-refractivity contribution in [2.45, 2.75) is 39.0 Å². The Balaban J connectivity index is 0.000000223. The Morgan fingerprint density at radius 1 is 0.707 bits per heavy atom. The van der Waals surface area contributed by atoms with Crippen LogP contribution in [-0.4, -0.2) is 91.2 Å². The monoisotopic (exact) mass is 853 g/mol. The average Bonchev–Trinajstić information content (AvgIpc) is 3.15. The highest BCUT2D eigenvalue weighted by Crippen LogP contribution is 2.24. The lowest BCUT2D eigenvalue weighted by Crippen LogP contribution is -2.53. The zero-order chi connectivity index (χ0) is 42.0. The number of nitrogens with one attached hydrogen (secondary N) is 1. The van der Waals surface area contributed by atoms with Crippen molar-refractivity contribution in [2.24, 2.45) is 5.14 Å². The van der Waals surface area contributed by atoms with E-state index in [-0.39, 0.29) is 41.2 Å². The minimum Gasteiger partial charge on any atom is -0.398 e. The molecule has 6 rings (SSSR count). The Morgan fingerprint density at radius 2 is 1.14 bits per heavy atom. The number of carbonyl (C=O) groups is 2. The van der Waals surface area contributed by atoms with Gasteiger partial charge in [0.25, 0.3) is 10.2 Å². The zero-order valence-corrected chi connectivity index (χ0v) is 34.5. The SMILES string of the molecule is CC1CN(Cc2ccc(F)cc2)CCN1C(=O)/C=C/c1ccc(Cl)cc1N.CC1CN(Cc2ccc(F)cc2)CCN1C(=O)/C=C/c1ccc(Cl)cc1NS(N)(=O)=O. The van der Waals surface area contributed by atoms with Crippen molar-refractivity contribution >= 4 is 68.8 Å². The van der Waals surface area contributed by atoms with Gasteiger partial charge in [0, 0.05) is 92.3 Å². The summed E-state index contributed by atoms with van der Waals surface area (Å²) >= 11 is 11.8. The third-order valence-corrected chi connectivity index (χ3v) is 10.7. The van der Waals surface area contributed by atoms with E-state index in [0.717, 1.165) is 36.3 Å². The van der Waals surface area contributed by atoms with Crippen LogP contribution in [0.1, 0.15) is 36.1 Å². The minimum absolute atomic E-state index is 0.0152. The summed E-state index contributed by atoms with van der Waals surface area (Å²) in [6, 6.07) is 22.9. The van der Waals surface area contributed by atoms with Crippen molar-refractivity contribution in [3.8, 4) is 0 Å². The molecule has 2 saturated heterocycles. The second-order valence-electron chi connectivity index (χ2n) is 14.3. The summed E-state index contributed by atoms with van der Waals surface area (Å²) in [5, 5.41) is 5.95. The van der Waals surface area contributed by atoms with Crippen LogP contribution in [0.3, 0.4) is 0 Å². The van der Waals surface area contributed by atoms with Crippen LogP contribution in [0.4, 0.5) is 20.2 Å². The molecular formula is C42H47Cl2F2N7O4S. The van der Waals surface area contributed by atoms with Crippen LogP contribution in [0.15, 0.2) is 97.1 Å². The maximum absolute atomic E-state index is 13.1. The van der Waals surface area contributed by atoms with Gasteiger partial charge in [-0.1, -0.05) is 59.6 Å². The third-order valence-electron chi connectivity index (χ3n) is 9.76. The van der Waals surface area contributed by atoms with Gasteiger partial charge in [0.15, 0.2) is 0 Å².